The monoisotopic (exact) mass is 264 g/mol. The SMILES string of the molecule is CCC(C)NC(=O)C(C)Oc1cccc(CNC)c1. The Morgan fingerprint density at radius 2 is 2.11 bits per heavy atom. The van der Waals surface area contributed by atoms with E-state index in [-0.39, 0.29) is 11.9 Å². The van der Waals surface area contributed by atoms with Crippen molar-refractivity contribution in [2.45, 2.75) is 45.9 Å². The Kier molecular flexibility index (Phi) is 6.36. The molecule has 0 saturated heterocycles. The van der Waals surface area contributed by atoms with Crippen molar-refractivity contribution >= 4 is 5.91 Å². The minimum atomic E-state index is -0.487. The zero-order valence-corrected chi connectivity index (χ0v) is 12.2. The van der Waals surface area contributed by atoms with Crippen LogP contribution in [0.1, 0.15) is 32.8 Å². The predicted molar refractivity (Wildman–Crippen MR) is 77.2 cm³/mol. The third-order valence-electron chi connectivity index (χ3n) is 2.96. The molecule has 0 heterocycles. The van der Waals surface area contributed by atoms with Gasteiger partial charge in [-0.1, -0.05) is 19.1 Å². The van der Waals surface area contributed by atoms with E-state index in [1.165, 1.54) is 0 Å². The molecule has 1 amide bonds. The van der Waals surface area contributed by atoms with Crippen LogP contribution >= 0.6 is 0 Å². The Morgan fingerprint density at radius 1 is 1.37 bits per heavy atom. The molecule has 2 atom stereocenters. The summed E-state index contributed by atoms with van der Waals surface area (Å²) in [7, 11) is 1.90. The van der Waals surface area contributed by atoms with Gasteiger partial charge in [0, 0.05) is 12.6 Å². The number of benzene rings is 1. The van der Waals surface area contributed by atoms with E-state index in [1.807, 2.05) is 45.2 Å². The molecule has 0 saturated carbocycles. The van der Waals surface area contributed by atoms with E-state index in [2.05, 4.69) is 10.6 Å². The minimum Gasteiger partial charge on any atom is -0.481 e. The van der Waals surface area contributed by atoms with Gasteiger partial charge in [0.05, 0.1) is 0 Å². The Labute approximate surface area is 115 Å². The highest BCUT2D eigenvalue weighted by Crippen LogP contribution is 2.15. The number of rotatable bonds is 7. The van der Waals surface area contributed by atoms with E-state index in [0.717, 1.165) is 24.3 Å². The maximum Gasteiger partial charge on any atom is 0.260 e. The lowest BCUT2D eigenvalue weighted by atomic mass is 10.2. The van der Waals surface area contributed by atoms with Crippen LogP contribution in [0.25, 0.3) is 0 Å². The van der Waals surface area contributed by atoms with Crippen molar-refractivity contribution < 1.29 is 9.53 Å². The molecule has 0 radical (unpaired) electrons. The van der Waals surface area contributed by atoms with Gasteiger partial charge in [0.1, 0.15) is 5.75 Å². The van der Waals surface area contributed by atoms with Gasteiger partial charge >= 0.3 is 0 Å². The van der Waals surface area contributed by atoms with Gasteiger partial charge in [-0.05, 0) is 45.0 Å². The molecule has 0 spiro atoms. The van der Waals surface area contributed by atoms with Crippen LogP contribution in [0.4, 0.5) is 0 Å². The highest BCUT2D eigenvalue weighted by molar-refractivity contribution is 5.80. The van der Waals surface area contributed by atoms with Crippen LogP contribution in [0.5, 0.6) is 5.75 Å². The predicted octanol–water partition coefficient (Wildman–Crippen LogP) is 2.09. The topological polar surface area (TPSA) is 50.4 Å². The van der Waals surface area contributed by atoms with Gasteiger partial charge < -0.3 is 15.4 Å². The van der Waals surface area contributed by atoms with E-state index in [1.54, 1.807) is 6.92 Å². The van der Waals surface area contributed by atoms with Crippen LogP contribution in [0, 0.1) is 0 Å². The molecule has 0 aliphatic carbocycles. The second-order valence-electron chi connectivity index (χ2n) is 4.76. The van der Waals surface area contributed by atoms with Crippen LogP contribution in [0.2, 0.25) is 0 Å². The van der Waals surface area contributed by atoms with Crippen LogP contribution in [-0.2, 0) is 11.3 Å². The van der Waals surface area contributed by atoms with Crippen molar-refractivity contribution in [2.75, 3.05) is 7.05 Å². The fraction of sp³-hybridized carbons (Fsp3) is 0.533. The molecule has 4 heteroatoms. The van der Waals surface area contributed by atoms with Crippen molar-refractivity contribution in [3.8, 4) is 5.75 Å². The molecule has 19 heavy (non-hydrogen) atoms. The van der Waals surface area contributed by atoms with Crippen molar-refractivity contribution in [1.29, 1.82) is 0 Å². The third kappa shape index (κ3) is 5.30. The number of carbonyl (C=O) groups is 1. The highest BCUT2D eigenvalue weighted by Gasteiger charge is 2.16. The second kappa shape index (κ2) is 7.79. The molecule has 1 aromatic carbocycles. The van der Waals surface area contributed by atoms with E-state index >= 15 is 0 Å². The number of nitrogens with one attached hydrogen (secondary N) is 2. The number of carbonyl (C=O) groups excluding carboxylic acids is 1. The maximum atomic E-state index is 11.9. The standard InChI is InChI=1S/C15H24N2O2/c1-5-11(2)17-15(18)12(3)19-14-8-6-7-13(9-14)10-16-4/h6-9,11-12,16H,5,10H2,1-4H3,(H,17,18). The molecule has 0 aliphatic heterocycles. The summed E-state index contributed by atoms with van der Waals surface area (Å²) in [6.07, 6.45) is 0.426. The van der Waals surface area contributed by atoms with Crippen LogP contribution in [0.3, 0.4) is 0 Å². The Balaban J connectivity index is 2.58. The zero-order valence-electron chi connectivity index (χ0n) is 12.2. The Hall–Kier alpha value is -1.55. The Morgan fingerprint density at radius 3 is 2.74 bits per heavy atom. The molecule has 1 rings (SSSR count). The zero-order chi connectivity index (χ0) is 14.3. The summed E-state index contributed by atoms with van der Waals surface area (Å²) in [6.45, 7) is 6.57. The van der Waals surface area contributed by atoms with E-state index in [0.29, 0.717) is 0 Å². The average molecular weight is 264 g/mol. The molecule has 2 unspecified atom stereocenters. The van der Waals surface area contributed by atoms with E-state index in [9.17, 15) is 4.79 Å². The maximum absolute atomic E-state index is 11.9. The summed E-state index contributed by atoms with van der Waals surface area (Å²) in [6, 6.07) is 7.94. The van der Waals surface area contributed by atoms with Gasteiger partial charge in [0.25, 0.3) is 5.91 Å². The number of amides is 1. The smallest absolute Gasteiger partial charge is 0.260 e. The summed E-state index contributed by atoms with van der Waals surface area (Å²) in [5.41, 5.74) is 1.13. The fourth-order valence-corrected chi connectivity index (χ4v) is 1.65. The summed E-state index contributed by atoms with van der Waals surface area (Å²) in [4.78, 5) is 11.9. The molecule has 2 N–H and O–H groups in total. The van der Waals surface area contributed by atoms with Crippen molar-refractivity contribution in [3.05, 3.63) is 29.8 Å². The Bertz CT molecular complexity index is 407. The molecular formula is C15H24N2O2. The van der Waals surface area contributed by atoms with Gasteiger partial charge in [0.2, 0.25) is 0 Å². The average Bonchev–Trinajstić information content (AvgIpc) is 2.39. The first kappa shape index (κ1) is 15.5. The van der Waals surface area contributed by atoms with Gasteiger partial charge in [0.15, 0.2) is 6.10 Å². The molecule has 0 aliphatic rings. The molecule has 106 valence electrons. The fourth-order valence-electron chi connectivity index (χ4n) is 1.65. The number of hydrogen-bond donors (Lipinski definition) is 2. The van der Waals surface area contributed by atoms with E-state index < -0.39 is 6.10 Å². The molecule has 0 aromatic heterocycles. The highest BCUT2D eigenvalue weighted by atomic mass is 16.5. The lowest BCUT2D eigenvalue weighted by Gasteiger charge is -2.18. The lowest BCUT2D eigenvalue weighted by molar-refractivity contribution is -0.127. The first-order valence-corrected chi connectivity index (χ1v) is 6.77. The summed E-state index contributed by atoms with van der Waals surface area (Å²) >= 11 is 0. The van der Waals surface area contributed by atoms with Gasteiger partial charge in [-0.2, -0.15) is 0 Å². The van der Waals surface area contributed by atoms with Crippen LogP contribution in [-0.4, -0.2) is 25.1 Å². The number of hydrogen-bond acceptors (Lipinski definition) is 3. The molecule has 0 fully saturated rings. The van der Waals surface area contributed by atoms with Crippen molar-refractivity contribution in [2.24, 2.45) is 0 Å². The number of ether oxygens (including phenoxy) is 1. The van der Waals surface area contributed by atoms with Gasteiger partial charge in [-0.3, -0.25) is 4.79 Å². The van der Waals surface area contributed by atoms with E-state index in [4.69, 9.17) is 4.74 Å². The quantitative estimate of drug-likeness (QED) is 0.793. The molecular weight excluding hydrogens is 240 g/mol. The summed E-state index contributed by atoms with van der Waals surface area (Å²) in [5, 5.41) is 6.00. The molecule has 0 bridgehead atoms. The lowest BCUT2D eigenvalue weighted by Crippen LogP contribution is -2.40. The minimum absolute atomic E-state index is 0.0756. The van der Waals surface area contributed by atoms with Gasteiger partial charge in [-0.15, -0.1) is 0 Å². The first-order chi connectivity index (χ1) is 9.06. The first-order valence-electron chi connectivity index (χ1n) is 6.77. The normalized spacial score (nSPS) is 13.7. The van der Waals surface area contributed by atoms with Crippen LogP contribution in [0.15, 0.2) is 24.3 Å². The third-order valence-corrected chi connectivity index (χ3v) is 2.96. The van der Waals surface area contributed by atoms with Crippen LogP contribution < -0.4 is 15.4 Å². The molecule has 4 nitrogen and oxygen atoms in total. The molecule has 1 aromatic rings. The summed E-state index contributed by atoms with van der Waals surface area (Å²) in [5.74, 6) is 0.646. The summed E-state index contributed by atoms with van der Waals surface area (Å²) < 4.78 is 5.67. The van der Waals surface area contributed by atoms with Gasteiger partial charge in [-0.25, -0.2) is 0 Å². The second-order valence-corrected chi connectivity index (χ2v) is 4.76. The van der Waals surface area contributed by atoms with Crippen molar-refractivity contribution in [3.63, 3.8) is 0 Å². The largest absolute Gasteiger partial charge is 0.481 e. The van der Waals surface area contributed by atoms with Crippen molar-refractivity contribution in [1.82, 2.24) is 10.6 Å².